The summed E-state index contributed by atoms with van der Waals surface area (Å²) in [5.74, 6) is 0.300. The third-order valence-corrected chi connectivity index (χ3v) is 4.84. The predicted octanol–water partition coefficient (Wildman–Crippen LogP) is 2.51. The van der Waals surface area contributed by atoms with Gasteiger partial charge in [-0.2, -0.15) is 0 Å². The summed E-state index contributed by atoms with van der Waals surface area (Å²) in [5, 5.41) is 0. The number of amides is 1. The third kappa shape index (κ3) is 3.49. The Morgan fingerprint density at radius 1 is 1.30 bits per heavy atom. The number of esters is 1. The molecule has 1 aliphatic heterocycles. The summed E-state index contributed by atoms with van der Waals surface area (Å²) >= 11 is 0. The average Bonchev–Trinajstić information content (AvgIpc) is 2.55. The van der Waals surface area contributed by atoms with Crippen LogP contribution in [0.25, 0.3) is 0 Å². The van der Waals surface area contributed by atoms with Gasteiger partial charge in [0.25, 0.3) is 0 Å². The minimum atomic E-state index is -0.311. The number of fused-ring (bicyclic) bond motifs is 1. The van der Waals surface area contributed by atoms with Crippen molar-refractivity contribution in [3.63, 3.8) is 0 Å². The molecule has 5 nitrogen and oxygen atoms in total. The second-order valence-corrected chi connectivity index (χ2v) is 6.60. The van der Waals surface area contributed by atoms with E-state index in [-0.39, 0.29) is 25.0 Å². The standard InChI is InChI=1S/C18H24N2O3/c1-13-8-9-16-15(10-13)20(12-18(22)23-16)11-17(21)19(2)14-6-4-3-5-7-14/h8-10,14H,3-7,11-12H2,1-2H3. The monoisotopic (exact) mass is 316 g/mol. The van der Waals surface area contributed by atoms with E-state index in [1.54, 1.807) is 6.07 Å². The van der Waals surface area contributed by atoms with E-state index in [2.05, 4.69) is 0 Å². The van der Waals surface area contributed by atoms with Gasteiger partial charge in [0.2, 0.25) is 5.91 Å². The number of carbonyl (C=O) groups is 2. The lowest BCUT2D eigenvalue weighted by molar-refractivity contribution is -0.134. The van der Waals surface area contributed by atoms with Crippen LogP contribution in [0.4, 0.5) is 5.69 Å². The highest BCUT2D eigenvalue weighted by Crippen LogP contribution is 2.32. The summed E-state index contributed by atoms with van der Waals surface area (Å²) in [7, 11) is 1.89. The van der Waals surface area contributed by atoms with Crippen LogP contribution in [0.5, 0.6) is 5.75 Å². The van der Waals surface area contributed by atoms with Crippen molar-refractivity contribution >= 4 is 17.6 Å². The molecule has 23 heavy (non-hydrogen) atoms. The number of ether oxygens (including phenoxy) is 1. The highest BCUT2D eigenvalue weighted by molar-refractivity contribution is 5.89. The first-order chi connectivity index (χ1) is 11.0. The summed E-state index contributed by atoms with van der Waals surface area (Å²) in [6.07, 6.45) is 5.82. The van der Waals surface area contributed by atoms with Crippen LogP contribution in [0.1, 0.15) is 37.7 Å². The van der Waals surface area contributed by atoms with Crippen LogP contribution in [0, 0.1) is 6.92 Å². The van der Waals surface area contributed by atoms with Crippen LogP contribution in [0.3, 0.4) is 0 Å². The number of rotatable bonds is 3. The number of hydrogen-bond donors (Lipinski definition) is 0. The quantitative estimate of drug-likeness (QED) is 0.635. The highest BCUT2D eigenvalue weighted by Gasteiger charge is 2.28. The predicted molar refractivity (Wildman–Crippen MR) is 88.7 cm³/mol. The molecule has 0 atom stereocenters. The van der Waals surface area contributed by atoms with E-state index in [1.807, 2.05) is 35.9 Å². The molecule has 1 fully saturated rings. The molecule has 1 amide bonds. The summed E-state index contributed by atoms with van der Waals surface area (Å²) in [4.78, 5) is 28.1. The van der Waals surface area contributed by atoms with Gasteiger partial charge in [-0.15, -0.1) is 0 Å². The fourth-order valence-electron chi connectivity index (χ4n) is 3.44. The van der Waals surface area contributed by atoms with Gasteiger partial charge in [0.05, 0.1) is 12.2 Å². The van der Waals surface area contributed by atoms with Gasteiger partial charge < -0.3 is 14.5 Å². The minimum Gasteiger partial charge on any atom is -0.423 e. The van der Waals surface area contributed by atoms with E-state index in [4.69, 9.17) is 4.74 Å². The van der Waals surface area contributed by atoms with Crippen LogP contribution >= 0.6 is 0 Å². The molecule has 0 spiro atoms. The number of anilines is 1. The molecule has 1 aromatic rings. The van der Waals surface area contributed by atoms with Crippen LogP contribution in [-0.4, -0.2) is 43.0 Å². The molecule has 1 saturated carbocycles. The number of aryl methyl sites for hydroxylation is 1. The van der Waals surface area contributed by atoms with Crippen molar-refractivity contribution in [3.8, 4) is 5.75 Å². The number of carbonyl (C=O) groups excluding carboxylic acids is 2. The number of nitrogens with zero attached hydrogens (tertiary/aromatic N) is 2. The molecule has 0 radical (unpaired) electrons. The van der Waals surface area contributed by atoms with E-state index in [0.717, 1.165) is 24.1 Å². The van der Waals surface area contributed by atoms with Crippen molar-refractivity contribution in [2.75, 3.05) is 25.0 Å². The molecular weight excluding hydrogens is 292 g/mol. The molecule has 0 aromatic heterocycles. The molecule has 0 unspecified atom stereocenters. The molecule has 5 heteroatoms. The fourth-order valence-corrected chi connectivity index (χ4v) is 3.44. The average molecular weight is 316 g/mol. The van der Waals surface area contributed by atoms with E-state index in [0.29, 0.717) is 11.8 Å². The summed E-state index contributed by atoms with van der Waals surface area (Å²) in [6, 6.07) is 6.01. The summed E-state index contributed by atoms with van der Waals surface area (Å²) in [5.41, 5.74) is 1.91. The highest BCUT2D eigenvalue weighted by atomic mass is 16.5. The normalized spacial score (nSPS) is 18.3. The molecule has 2 aliphatic rings. The Balaban J connectivity index is 1.73. The topological polar surface area (TPSA) is 49.9 Å². The molecule has 0 saturated heterocycles. The maximum absolute atomic E-state index is 12.6. The lowest BCUT2D eigenvalue weighted by Crippen LogP contribution is -2.47. The molecule has 1 aromatic carbocycles. The molecule has 0 N–H and O–H groups in total. The van der Waals surface area contributed by atoms with Crippen molar-refractivity contribution in [3.05, 3.63) is 23.8 Å². The maximum atomic E-state index is 12.6. The molecule has 1 heterocycles. The smallest absolute Gasteiger partial charge is 0.331 e. The Kier molecular flexibility index (Phi) is 4.55. The van der Waals surface area contributed by atoms with Gasteiger partial charge in [-0.05, 0) is 37.5 Å². The van der Waals surface area contributed by atoms with Gasteiger partial charge in [0.1, 0.15) is 6.54 Å². The van der Waals surface area contributed by atoms with Gasteiger partial charge in [-0.25, -0.2) is 4.79 Å². The fraction of sp³-hybridized carbons (Fsp3) is 0.556. The Morgan fingerprint density at radius 3 is 2.78 bits per heavy atom. The van der Waals surface area contributed by atoms with E-state index in [1.165, 1.54) is 19.3 Å². The zero-order chi connectivity index (χ0) is 16.4. The van der Waals surface area contributed by atoms with Crippen LogP contribution in [0.2, 0.25) is 0 Å². The van der Waals surface area contributed by atoms with Crippen molar-refractivity contribution in [2.24, 2.45) is 0 Å². The second kappa shape index (κ2) is 6.60. The zero-order valence-electron chi connectivity index (χ0n) is 13.9. The molecule has 0 bridgehead atoms. The molecular formula is C18H24N2O3. The van der Waals surface area contributed by atoms with Crippen LogP contribution < -0.4 is 9.64 Å². The second-order valence-electron chi connectivity index (χ2n) is 6.60. The van der Waals surface area contributed by atoms with Crippen molar-refractivity contribution in [1.82, 2.24) is 4.90 Å². The Hall–Kier alpha value is -2.04. The van der Waals surface area contributed by atoms with Gasteiger partial charge in [0.15, 0.2) is 5.75 Å². The molecule has 3 rings (SSSR count). The third-order valence-electron chi connectivity index (χ3n) is 4.84. The maximum Gasteiger partial charge on any atom is 0.331 e. The zero-order valence-corrected chi connectivity index (χ0v) is 13.9. The van der Waals surface area contributed by atoms with Gasteiger partial charge >= 0.3 is 5.97 Å². The van der Waals surface area contributed by atoms with Crippen LogP contribution in [0.15, 0.2) is 18.2 Å². The number of hydrogen-bond acceptors (Lipinski definition) is 4. The largest absolute Gasteiger partial charge is 0.423 e. The number of likely N-dealkylation sites (N-methyl/N-ethyl adjacent to an activating group) is 1. The minimum absolute atomic E-state index is 0.0686. The summed E-state index contributed by atoms with van der Waals surface area (Å²) in [6.45, 7) is 2.34. The summed E-state index contributed by atoms with van der Waals surface area (Å²) < 4.78 is 5.27. The van der Waals surface area contributed by atoms with Crippen molar-refractivity contribution in [1.29, 1.82) is 0 Å². The molecule has 1 aliphatic carbocycles. The Bertz CT molecular complexity index is 608. The lowest BCUT2D eigenvalue weighted by atomic mass is 9.94. The first-order valence-corrected chi connectivity index (χ1v) is 8.36. The van der Waals surface area contributed by atoms with Gasteiger partial charge in [-0.3, -0.25) is 4.79 Å². The lowest BCUT2D eigenvalue weighted by Gasteiger charge is -2.35. The first kappa shape index (κ1) is 15.8. The first-order valence-electron chi connectivity index (χ1n) is 8.36. The van der Waals surface area contributed by atoms with E-state index >= 15 is 0 Å². The Morgan fingerprint density at radius 2 is 2.04 bits per heavy atom. The van der Waals surface area contributed by atoms with Crippen molar-refractivity contribution in [2.45, 2.75) is 45.1 Å². The number of benzene rings is 1. The van der Waals surface area contributed by atoms with Gasteiger partial charge in [-0.1, -0.05) is 25.3 Å². The van der Waals surface area contributed by atoms with E-state index < -0.39 is 0 Å². The Labute approximate surface area is 137 Å². The molecule has 124 valence electrons. The SMILES string of the molecule is Cc1ccc2c(c1)N(CC(=O)N(C)C1CCCCC1)CC(=O)O2. The van der Waals surface area contributed by atoms with Crippen LogP contribution in [-0.2, 0) is 9.59 Å². The van der Waals surface area contributed by atoms with E-state index in [9.17, 15) is 9.59 Å². The van der Waals surface area contributed by atoms with Crippen molar-refractivity contribution < 1.29 is 14.3 Å². The van der Waals surface area contributed by atoms with Gasteiger partial charge in [0, 0.05) is 13.1 Å².